The molecule has 0 aliphatic carbocycles. The summed E-state index contributed by atoms with van der Waals surface area (Å²) in [7, 11) is -1.95. The van der Waals surface area contributed by atoms with Crippen LogP contribution >= 0.6 is 0 Å². The fourth-order valence-corrected chi connectivity index (χ4v) is 3.75. The molecule has 0 spiro atoms. The van der Waals surface area contributed by atoms with Crippen LogP contribution in [0.1, 0.15) is 44.4 Å². The van der Waals surface area contributed by atoms with E-state index >= 15 is 0 Å². The highest BCUT2D eigenvalue weighted by atomic mass is 28.4. The second-order valence-electron chi connectivity index (χ2n) is 8.75. The zero-order valence-electron chi connectivity index (χ0n) is 17.0. The second-order valence-corrected chi connectivity index (χ2v) is 13.6. The standard InChI is InChI=1S/C21H32N2O3Si/c1-7-15-8-10-16(11-9-15)19(14-26-27(5,6)21(2,3)4)23-20(25)18-12-17(24)13-22-18/h1,8-11,17-19,22,24H,12-14H2,2-6H3,(H,23,25)/t17?,18?,19-/m0/s1. The zero-order chi connectivity index (χ0) is 20.2. The Balaban J connectivity index is 2.15. The van der Waals surface area contributed by atoms with Gasteiger partial charge in [-0.25, -0.2) is 0 Å². The second kappa shape index (κ2) is 8.57. The molecule has 5 nitrogen and oxygen atoms in total. The van der Waals surface area contributed by atoms with Gasteiger partial charge in [-0.05, 0) is 42.2 Å². The monoisotopic (exact) mass is 388 g/mol. The fraction of sp³-hybridized carbons (Fsp3) is 0.571. The number of carbonyl (C=O) groups is 1. The molecule has 27 heavy (non-hydrogen) atoms. The molecule has 2 rings (SSSR count). The number of rotatable bonds is 6. The van der Waals surface area contributed by atoms with E-state index < -0.39 is 14.4 Å². The summed E-state index contributed by atoms with van der Waals surface area (Å²) in [5.74, 6) is 2.50. The molecule has 1 aliphatic rings. The average molecular weight is 389 g/mol. The number of nitrogens with one attached hydrogen (secondary N) is 2. The minimum atomic E-state index is -1.95. The molecule has 3 N–H and O–H groups in total. The summed E-state index contributed by atoms with van der Waals surface area (Å²) in [6.45, 7) is 11.8. The Morgan fingerprint density at radius 1 is 1.41 bits per heavy atom. The summed E-state index contributed by atoms with van der Waals surface area (Å²) in [6, 6.07) is 6.98. The topological polar surface area (TPSA) is 70.6 Å². The molecule has 2 unspecified atom stereocenters. The maximum Gasteiger partial charge on any atom is 0.237 e. The van der Waals surface area contributed by atoms with Crippen LogP contribution in [-0.4, -0.2) is 44.6 Å². The van der Waals surface area contributed by atoms with Crippen molar-refractivity contribution in [1.82, 2.24) is 10.6 Å². The molecule has 1 aliphatic heterocycles. The number of aliphatic hydroxyl groups is 1. The highest BCUT2D eigenvalue weighted by Gasteiger charge is 2.38. The largest absolute Gasteiger partial charge is 0.414 e. The van der Waals surface area contributed by atoms with Gasteiger partial charge in [-0.15, -0.1) is 6.42 Å². The molecule has 1 aromatic carbocycles. The van der Waals surface area contributed by atoms with Crippen molar-refractivity contribution in [1.29, 1.82) is 0 Å². The lowest BCUT2D eigenvalue weighted by Gasteiger charge is -2.37. The maximum atomic E-state index is 12.7. The Kier molecular flexibility index (Phi) is 6.87. The summed E-state index contributed by atoms with van der Waals surface area (Å²) in [5.41, 5.74) is 1.76. The van der Waals surface area contributed by atoms with E-state index in [2.05, 4.69) is 50.4 Å². The first kappa shape index (κ1) is 21.6. The predicted octanol–water partition coefficient (Wildman–Crippen LogP) is 2.57. The lowest BCUT2D eigenvalue weighted by Crippen LogP contribution is -2.46. The van der Waals surface area contributed by atoms with E-state index in [4.69, 9.17) is 10.8 Å². The van der Waals surface area contributed by atoms with Gasteiger partial charge in [0.2, 0.25) is 5.91 Å². The first-order valence-electron chi connectivity index (χ1n) is 9.46. The van der Waals surface area contributed by atoms with Crippen molar-refractivity contribution in [3.63, 3.8) is 0 Å². The highest BCUT2D eigenvalue weighted by molar-refractivity contribution is 6.74. The normalized spacial score (nSPS) is 21.5. The molecule has 0 bridgehead atoms. The first-order chi connectivity index (χ1) is 12.5. The average Bonchev–Trinajstić information content (AvgIpc) is 3.04. The van der Waals surface area contributed by atoms with Crippen molar-refractivity contribution in [3.8, 4) is 12.3 Å². The third-order valence-corrected chi connectivity index (χ3v) is 10.1. The van der Waals surface area contributed by atoms with Gasteiger partial charge in [0.1, 0.15) is 0 Å². The van der Waals surface area contributed by atoms with Crippen molar-refractivity contribution in [2.24, 2.45) is 0 Å². The van der Waals surface area contributed by atoms with Crippen molar-refractivity contribution >= 4 is 14.2 Å². The third kappa shape index (κ3) is 5.66. The van der Waals surface area contributed by atoms with Gasteiger partial charge in [-0.3, -0.25) is 4.79 Å². The Hall–Kier alpha value is -1.65. The van der Waals surface area contributed by atoms with E-state index in [-0.39, 0.29) is 23.0 Å². The van der Waals surface area contributed by atoms with Crippen molar-refractivity contribution in [2.45, 2.75) is 63.5 Å². The van der Waals surface area contributed by atoms with Crippen LogP contribution in [0.2, 0.25) is 18.1 Å². The van der Waals surface area contributed by atoms with Gasteiger partial charge in [-0.2, -0.15) is 0 Å². The van der Waals surface area contributed by atoms with Gasteiger partial charge in [0.05, 0.1) is 24.8 Å². The minimum Gasteiger partial charge on any atom is -0.414 e. The number of hydrogen-bond donors (Lipinski definition) is 3. The van der Waals surface area contributed by atoms with Crippen LogP contribution in [0.4, 0.5) is 0 Å². The fourth-order valence-electron chi connectivity index (χ4n) is 2.73. The Labute approximate surface area is 164 Å². The molecule has 3 atom stereocenters. The van der Waals surface area contributed by atoms with Crippen LogP contribution in [0, 0.1) is 12.3 Å². The molecule has 0 radical (unpaired) electrons. The summed E-state index contributed by atoms with van der Waals surface area (Å²) in [6.07, 6.45) is 5.40. The number of hydrogen-bond acceptors (Lipinski definition) is 4. The van der Waals surface area contributed by atoms with Crippen LogP contribution in [0.15, 0.2) is 24.3 Å². The molecular formula is C21H32N2O3Si. The zero-order valence-corrected chi connectivity index (χ0v) is 18.0. The van der Waals surface area contributed by atoms with Crippen LogP contribution in [0.25, 0.3) is 0 Å². The number of terminal acetylenes is 1. The summed E-state index contributed by atoms with van der Waals surface area (Å²) >= 11 is 0. The molecule has 148 valence electrons. The van der Waals surface area contributed by atoms with E-state index in [1.165, 1.54) is 0 Å². The SMILES string of the molecule is C#Cc1ccc([C@H](CO[Si](C)(C)C(C)(C)C)NC(=O)C2CC(O)CN2)cc1. The van der Waals surface area contributed by atoms with E-state index in [0.717, 1.165) is 11.1 Å². The van der Waals surface area contributed by atoms with E-state index in [0.29, 0.717) is 19.6 Å². The maximum absolute atomic E-state index is 12.7. The first-order valence-corrected chi connectivity index (χ1v) is 12.4. The van der Waals surface area contributed by atoms with Crippen molar-refractivity contribution in [2.75, 3.05) is 13.2 Å². The van der Waals surface area contributed by atoms with Crippen LogP contribution in [-0.2, 0) is 9.22 Å². The van der Waals surface area contributed by atoms with Gasteiger partial charge < -0.3 is 20.2 Å². The van der Waals surface area contributed by atoms with E-state index in [1.807, 2.05) is 24.3 Å². The molecule has 1 aromatic rings. The Morgan fingerprint density at radius 2 is 2.04 bits per heavy atom. The third-order valence-electron chi connectivity index (χ3n) is 5.64. The predicted molar refractivity (Wildman–Crippen MR) is 111 cm³/mol. The van der Waals surface area contributed by atoms with E-state index in [1.54, 1.807) is 0 Å². The quantitative estimate of drug-likeness (QED) is 0.517. The number of amides is 1. The molecule has 0 aromatic heterocycles. The summed E-state index contributed by atoms with van der Waals surface area (Å²) in [4.78, 5) is 12.7. The smallest absolute Gasteiger partial charge is 0.237 e. The molecule has 1 heterocycles. The van der Waals surface area contributed by atoms with Crippen molar-refractivity contribution < 1.29 is 14.3 Å². The number of β-amino-alcohol motifs (C(OH)–C–C–N with tert-alkyl or cyclic N) is 1. The minimum absolute atomic E-state index is 0.0893. The molecular weight excluding hydrogens is 356 g/mol. The van der Waals surface area contributed by atoms with Crippen molar-refractivity contribution in [3.05, 3.63) is 35.4 Å². The number of benzene rings is 1. The summed E-state index contributed by atoms with van der Waals surface area (Å²) in [5, 5.41) is 15.9. The number of aliphatic hydroxyl groups excluding tert-OH is 1. The molecule has 1 saturated heterocycles. The van der Waals surface area contributed by atoms with Crippen LogP contribution < -0.4 is 10.6 Å². The summed E-state index contributed by atoms with van der Waals surface area (Å²) < 4.78 is 6.37. The van der Waals surface area contributed by atoms with Gasteiger partial charge >= 0.3 is 0 Å². The number of carbonyl (C=O) groups excluding carboxylic acids is 1. The van der Waals surface area contributed by atoms with Gasteiger partial charge in [-0.1, -0.05) is 38.8 Å². The lowest BCUT2D eigenvalue weighted by atomic mass is 10.0. The molecule has 1 fully saturated rings. The van der Waals surface area contributed by atoms with E-state index in [9.17, 15) is 9.90 Å². The molecule has 1 amide bonds. The molecule has 6 heteroatoms. The molecule has 0 saturated carbocycles. The van der Waals surface area contributed by atoms with Gasteiger partial charge in [0.15, 0.2) is 8.32 Å². The van der Waals surface area contributed by atoms with Gasteiger partial charge in [0, 0.05) is 12.1 Å². The van der Waals surface area contributed by atoms with Crippen LogP contribution in [0.5, 0.6) is 0 Å². The highest BCUT2D eigenvalue weighted by Crippen LogP contribution is 2.37. The Bertz CT molecular complexity index is 689. The van der Waals surface area contributed by atoms with Crippen LogP contribution in [0.3, 0.4) is 0 Å². The van der Waals surface area contributed by atoms with Gasteiger partial charge in [0.25, 0.3) is 0 Å². The Morgan fingerprint density at radius 3 is 2.52 bits per heavy atom. The lowest BCUT2D eigenvalue weighted by molar-refractivity contribution is -0.124.